The zero-order valence-electron chi connectivity index (χ0n) is 11.1. The first-order valence-electron chi connectivity index (χ1n) is 6.50. The molecule has 2 aromatic carbocycles. The Hall–Kier alpha value is -2.33. The molecule has 4 nitrogen and oxygen atoms in total. The van der Waals surface area contributed by atoms with Crippen molar-refractivity contribution in [3.8, 4) is 6.08 Å². The van der Waals surface area contributed by atoms with Crippen molar-refractivity contribution in [3.05, 3.63) is 69.5 Å². The summed E-state index contributed by atoms with van der Waals surface area (Å²) < 4.78 is 10.5. The number of fused-ring (bicyclic) bond motifs is 1. The molecule has 0 radical (unpaired) electrons. The SMILES string of the molecule is O=c1oc(OCCc2ccccc2)nc2cccc(Cl)c12. The Kier molecular flexibility index (Phi) is 3.88. The smallest absolute Gasteiger partial charge is 0.397 e. The monoisotopic (exact) mass is 301 g/mol. The highest BCUT2D eigenvalue weighted by Crippen LogP contribution is 2.20. The maximum Gasteiger partial charge on any atom is 0.397 e. The minimum Gasteiger partial charge on any atom is -0.450 e. The van der Waals surface area contributed by atoms with Gasteiger partial charge in [0.1, 0.15) is 5.39 Å². The van der Waals surface area contributed by atoms with Crippen molar-refractivity contribution in [1.82, 2.24) is 4.98 Å². The van der Waals surface area contributed by atoms with Crippen LogP contribution in [0, 0.1) is 0 Å². The molecule has 0 unspecified atom stereocenters. The standard InChI is InChI=1S/C16H12ClNO3/c17-12-7-4-8-13-14(12)15(19)21-16(18-13)20-10-9-11-5-2-1-3-6-11/h1-8H,9-10H2. The lowest BCUT2D eigenvalue weighted by Gasteiger charge is -2.05. The molecule has 0 saturated carbocycles. The normalized spacial score (nSPS) is 10.7. The van der Waals surface area contributed by atoms with Crippen LogP contribution in [0.2, 0.25) is 5.02 Å². The van der Waals surface area contributed by atoms with Gasteiger partial charge in [-0.2, -0.15) is 4.98 Å². The summed E-state index contributed by atoms with van der Waals surface area (Å²) in [5.74, 6) is 0. The number of ether oxygens (including phenoxy) is 1. The van der Waals surface area contributed by atoms with Crippen LogP contribution in [0.4, 0.5) is 0 Å². The van der Waals surface area contributed by atoms with Crippen molar-refractivity contribution in [2.75, 3.05) is 6.61 Å². The molecule has 0 aliphatic carbocycles. The number of hydrogen-bond donors (Lipinski definition) is 0. The van der Waals surface area contributed by atoms with Crippen molar-refractivity contribution in [2.45, 2.75) is 6.42 Å². The van der Waals surface area contributed by atoms with E-state index in [1.165, 1.54) is 0 Å². The molecule has 0 N–H and O–H groups in total. The maximum absolute atomic E-state index is 11.9. The van der Waals surface area contributed by atoms with Gasteiger partial charge in [-0.1, -0.05) is 48.0 Å². The maximum atomic E-state index is 11.9. The van der Waals surface area contributed by atoms with Crippen molar-refractivity contribution >= 4 is 22.5 Å². The highest BCUT2D eigenvalue weighted by atomic mass is 35.5. The average Bonchev–Trinajstić information content (AvgIpc) is 2.48. The van der Waals surface area contributed by atoms with Gasteiger partial charge in [-0.25, -0.2) is 4.79 Å². The van der Waals surface area contributed by atoms with Crippen LogP contribution < -0.4 is 10.4 Å². The Bertz CT molecular complexity index is 815. The van der Waals surface area contributed by atoms with Gasteiger partial charge < -0.3 is 9.15 Å². The molecule has 0 saturated heterocycles. The molecule has 0 aliphatic heterocycles. The van der Waals surface area contributed by atoms with Gasteiger partial charge in [-0.3, -0.25) is 0 Å². The molecule has 0 aliphatic rings. The molecule has 0 amide bonds. The molecule has 0 fully saturated rings. The first kappa shape index (κ1) is 13.6. The molecule has 106 valence electrons. The topological polar surface area (TPSA) is 52.3 Å². The lowest BCUT2D eigenvalue weighted by molar-refractivity contribution is 0.219. The molecule has 5 heteroatoms. The van der Waals surface area contributed by atoms with E-state index in [1.54, 1.807) is 18.2 Å². The van der Waals surface area contributed by atoms with E-state index in [9.17, 15) is 4.79 Å². The minimum atomic E-state index is -0.541. The molecule has 0 atom stereocenters. The third-order valence-electron chi connectivity index (χ3n) is 3.05. The lowest BCUT2D eigenvalue weighted by atomic mass is 10.2. The summed E-state index contributed by atoms with van der Waals surface area (Å²) >= 11 is 5.96. The van der Waals surface area contributed by atoms with Gasteiger partial charge in [0.15, 0.2) is 0 Å². The molecule has 3 aromatic rings. The molecule has 0 bridgehead atoms. The van der Waals surface area contributed by atoms with Gasteiger partial charge in [0.2, 0.25) is 0 Å². The number of hydrogen-bond acceptors (Lipinski definition) is 4. The second-order valence-corrected chi connectivity index (χ2v) is 4.89. The van der Waals surface area contributed by atoms with Gasteiger partial charge in [-0.15, -0.1) is 0 Å². The summed E-state index contributed by atoms with van der Waals surface area (Å²) in [6.45, 7) is 0.381. The molecule has 1 aromatic heterocycles. The highest BCUT2D eigenvalue weighted by molar-refractivity contribution is 6.35. The van der Waals surface area contributed by atoms with E-state index in [2.05, 4.69) is 4.98 Å². The van der Waals surface area contributed by atoms with Crippen LogP contribution in [0.1, 0.15) is 5.56 Å². The fourth-order valence-corrected chi connectivity index (χ4v) is 2.27. The molecular formula is C16H12ClNO3. The van der Waals surface area contributed by atoms with Gasteiger partial charge in [0, 0.05) is 6.42 Å². The van der Waals surface area contributed by atoms with Gasteiger partial charge in [0.25, 0.3) is 0 Å². The Balaban J connectivity index is 1.77. The zero-order valence-corrected chi connectivity index (χ0v) is 11.8. The predicted octanol–water partition coefficient (Wildman–Crippen LogP) is 3.46. The van der Waals surface area contributed by atoms with Gasteiger partial charge in [-0.05, 0) is 17.7 Å². The summed E-state index contributed by atoms with van der Waals surface area (Å²) in [5, 5.41) is 0.596. The van der Waals surface area contributed by atoms with E-state index in [-0.39, 0.29) is 11.5 Å². The quantitative estimate of drug-likeness (QED) is 0.740. The van der Waals surface area contributed by atoms with Crippen LogP contribution in [0.25, 0.3) is 10.9 Å². The average molecular weight is 302 g/mol. The van der Waals surface area contributed by atoms with Crippen LogP contribution >= 0.6 is 11.6 Å². The number of aromatic nitrogens is 1. The van der Waals surface area contributed by atoms with Crippen LogP contribution in [-0.2, 0) is 6.42 Å². The van der Waals surface area contributed by atoms with Crippen LogP contribution in [0.15, 0.2) is 57.7 Å². The minimum absolute atomic E-state index is 0.0364. The number of benzene rings is 2. The molecule has 3 rings (SSSR count). The molecule has 21 heavy (non-hydrogen) atoms. The second kappa shape index (κ2) is 5.97. The largest absolute Gasteiger partial charge is 0.450 e. The summed E-state index contributed by atoms with van der Waals surface area (Å²) in [5.41, 5.74) is 1.07. The molecular weight excluding hydrogens is 290 g/mol. The lowest BCUT2D eigenvalue weighted by Crippen LogP contribution is -2.08. The fraction of sp³-hybridized carbons (Fsp3) is 0.125. The van der Waals surface area contributed by atoms with Crippen molar-refractivity contribution in [3.63, 3.8) is 0 Å². The Labute approximate surface area is 126 Å². The van der Waals surface area contributed by atoms with Gasteiger partial charge in [0.05, 0.1) is 17.1 Å². The van der Waals surface area contributed by atoms with Crippen LogP contribution in [0.5, 0.6) is 6.08 Å². The summed E-state index contributed by atoms with van der Waals surface area (Å²) in [4.78, 5) is 16.0. The third-order valence-corrected chi connectivity index (χ3v) is 3.36. The van der Waals surface area contributed by atoms with Crippen molar-refractivity contribution in [2.24, 2.45) is 0 Å². The molecule has 0 spiro atoms. The zero-order chi connectivity index (χ0) is 14.7. The van der Waals surface area contributed by atoms with E-state index < -0.39 is 5.63 Å². The first-order chi connectivity index (χ1) is 10.2. The van der Waals surface area contributed by atoms with Crippen molar-refractivity contribution < 1.29 is 9.15 Å². The summed E-state index contributed by atoms with van der Waals surface area (Å²) in [7, 11) is 0. The van der Waals surface area contributed by atoms with E-state index in [0.29, 0.717) is 23.6 Å². The first-order valence-corrected chi connectivity index (χ1v) is 6.88. The number of halogens is 1. The molecule has 1 heterocycles. The second-order valence-electron chi connectivity index (χ2n) is 4.49. The summed E-state index contributed by atoms with van der Waals surface area (Å²) in [6.07, 6.45) is 0.672. The van der Waals surface area contributed by atoms with E-state index in [4.69, 9.17) is 20.8 Å². The number of rotatable bonds is 4. The van der Waals surface area contributed by atoms with Crippen LogP contribution in [-0.4, -0.2) is 11.6 Å². The Morgan fingerprint density at radius 3 is 2.71 bits per heavy atom. The van der Waals surface area contributed by atoms with Crippen molar-refractivity contribution in [1.29, 1.82) is 0 Å². The van der Waals surface area contributed by atoms with Crippen LogP contribution in [0.3, 0.4) is 0 Å². The van der Waals surface area contributed by atoms with E-state index in [0.717, 1.165) is 5.56 Å². The van der Waals surface area contributed by atoms with Gasteiger partial charge >= 0.3 is 11.7 Å². The number of nitrogens with zero attached hydrogens (tertiary/aromatic N) is 1. The fourth-order valence-electron chi connectivity index (χ4n) is 2.02. The Morgan fingerprint density at radius 1 is 1.10 bits per heavy atom. The summed E-state index contributed by atoms with van der Waals surface area (Å²) in [6, 6.07) is 14.9. The third kappa shape index (κ3) is 3.06. The van der Waals surface area contributed by atoms with E-state index >= 15 is 0 Å². The predicted molar refractivity (Wildman–Crippen MR) is 80.9 cm³/mol. The van der Waals surface area contributed by atoms with E-state index in [1.807, 2.05) is 30.3 Å². The Morgan fingerprint density at radius 2 is 1.90 bits per heavy atom. The highest BCUT2D eigenvalue weighted by Gasteiger charge is 2.10.